The first-order valence-corrected chi connectivity index (χ1v) is 7.77. The first-order valence-electron chi connectivity index (χ1n) is 7.40. The van der Waals surface area contributed by atoms with Gasteiger partial charge in [-0.05, 0) is 19.2 Å². The molecule has 0 amide bonds. The summed E-state index contributed by atoms with van der Waals surface area (Å²) >= 11 is 5.79. The fraction of sp³-hybridized carbons (Fsp3) is 0.500. The quantitative estimate of drug-likeness (QED) is 0.794. The first-order chi connectivity index (χ1) is 10.5. The highest BCUT2D eigenvalue weighted by Crippen LogP contribution is 2.21. The molecule has 1 saturated heterocycles. The molecule has 0 radical (unpaired) electrons. The van der Waals surface area contributed by atoms with Crippen LogP contribution in [0.4, 0.5) is 14.5 Å². The monoisotopic (exact) mass is 329 g/mol. The lowest BCUT2D eigenvalue weighted by molar-refractivity contribution is 0.222. The van der Waals surface area contributed by atoms with Crippen molar-refractivity contribution in [3.05, 3.63) is 41.4 Å². The molecule has 1 aromatic rings. The summed E-state index contributed by atoms with van der Waals surface area (Å²) in [7, 11) is 2.01. The Morgan fingerprint density at radius 3 is 2.55 bits per heavy atom. The molecule has 2 rings (SSSR count). The topological polar surface area (TPSA) is 9.72 Å². The number of anilines is 1. The van der Waals surface area contributed by atoms with E-state index < -0.39 is 11.6 Å². The normalized spacial score (nSPS) is 16.3. The molecule has 0 spiro atoms. The standard InChI is InChI=1S/C16H22ClF2N3/c1-13(17)12-20(2)5-6-21-7-9-22(10-8-21)16-4-3-14(18)11-15(16)19/h3-4,11H,1,5-10,12H2,2H3. The minimum absolute atomic E-state index is 0.483. The molecule has 1 aliphatic heterocycles. The van der Waals surface area contributed by atoms with Crippen molar-refractivity contribution in [2.24, 2.45) is 0 Å². The summed E-state index contributed by atoms with van der Waals surface area (Å²) in [5, 5.41) is 0.638. The largest absolute Gasteiger partial charge is 0.367 e. The molecule has 1 aromatic carbocycles. The van der Waals surface area contributed by atoms with Gasteiger partial charge in [0.15, 0.2) is 0 Å². The number of benzene rings is 1. The van der Waals surface area contributed by atoms with Crippen LogP contribution in [0.15, 0.2) is 29.8 Å². The van der Waals surface area contributed by atoms with Crippen molar-refractivity contribution in [1.29, 1.82) is 0 Å². The van der Waals surface area contributed by atoms with Crippen LogP contribution < -0.4 is 4.90 Å². The molecule has 1 heterocycles. The van der Waals surface area contributed by atoms with Gasteiger partial charge in [-0.3, -0.25) is 9.80 Å². The summed E-state index contributed by atoms with van der Waals surface area (Å²) in [6.45, 7) is 9.45. The van der Waals surface area contributed by atoms with Crippen molar-refractivity contribution in [3.63, 3.8) is 0 Å². The van der Waals surface area contributed by atoms with Gasteiger partial charge in [-0.1, -0.05) is 18.2 Å². The van der Waals surface area contributed by atoms with Crippen molar-refractivity contribution in [1.82, 2.24) is 9.80 Å². The molecule has 1 fully saturated rings. The van der Waals surface area contributed by atoms with Gasteiger partial charge in [0.2, 0.25) is 0 Å². The van der Waals surface area contributed by atoms with E-state index in [1.807, 2.05) is 11.9 Å². The second kappa shape index (κ2) is 7.90. The second-order valence-corrected chi connectivity index (χ2v) is 6.21. The Morgan fingerprint density at radius 2 is 1.95 bits per heavy atom. The van der Waals surface area contributed by atoms with E-state index in [1.54, 1.807) is 0 Å². The number of likely N-dealkylation sites (N-methyl/N-ethyl adjacent to an activating group) is 1. The molecule has 0 unspecified atom stereocenters. The van der Waals surface area contributed by atoms with Gasteiger partial charge in [0.25, 0.3) is 0 Å². The molecule has 0 N–H and O–H groups in total. The van der Waals surface area contributed by atoms with Crippen LogP contribution in [0.25, 0.3) is 0 Å². The van der Waals surface area contributed by atoms with Crippen molar-refractivity contribution in [2.45, 2.75) is 0 Å². The highest BCUT2D eigenvalue weighted by atomic mass is 35.5. The summed E-state index contributed by atoms with van der Waals surface area (Å²) < 4.78 is 26.7. The van der Waals surface area contributed by atoms with E-state index in [2.05, 4.69) is 16.4 Å². The maximum absolute atomic E-state index is 13.8. The minimum Gasteiger partial charge on any atom is -0.367 e. The van der Waals surface area contributed by atoms with Crippen molar-refractivity contribution in [3.8, 4) is 0 Å². The third kappa shape index (κ3) is 4.93. The Bertz CT molecular complexity index is 516. The summed E-state index contributed by atoms with van der Waals surface area (Å²) in [5.41, 5.74) is 0.483. The van der Waals surface area contributed by atoms with E-state index >= 15 is 0 Å². The smallest absolute Gasteiger partial charge is 0.149 e. The molecule has 6 heteroatoms. The Kier molecular flexibility index (Phi) is 6.17. The molecule has 1 aliphatic rings. The van der Waals surface area contributed by atoms with E-state index in [1.165, 1.54) is 12.1 Å². The third-order valence-electron chi connectivity index (χ3n) is 3.86. The number of nitrogens with zero attached hydrogens (tertiary/aromatic N) is 3. The summed E-state index contributed by atoms with van der Waals surface area (Å²) in [6, 6.07) is 3.76. The predicted octanol–water partition coefficient (Wildman–Crippen LogP) is 2.77. The SMILES string of the molecule is C=C(Cl)CN(C)CCN1CCN(c2ccc(F)cc2F)CC1. The van der Waals surface area contributed by atoms with E-state index in [-0.39, 0.29) is 0 Å². The zero-order valence-electron chi connectivity index (χ0n) is 12.9. The van der Waals surface area contributed by atoms with Gasteiger partial charge >= 0.3 is 0 Å². The molecule has 0 saturated carbocycles. The summed E-state index contributed by atoms with van der Waals surface area (Å²) in [5.74, 6) is -1.03. The fourth-order valence-electron chi connectivity index (χ4n) is 2.63. The van der Waals surface area contributed by atoms with Crippen LogP contribution in [0.1, 0.15) is 0 Å². The van der Waals surface area contributed by atoms with E-state index in [0.29, 0.717) is 17.3 Å². The van der Waals surface area contributed by atoms with Crippen LogP contribution >= 0.6 is 11.6 Å². The van der Waals surface area contributed by atoms with Gasteiger partial charge < -0.3 is 4.90 Å². The summed E-state index contributed by atoms with van der Waals surface area (Å²) in [4.78, 5) is 6.43. The van der Waals surface area contributed by atoms with E-state index in [4.69, 9.17) is 11.6 Å². The average molecular weight is 330 g/mol. The molecule has 0 aromatic heterocycles. The van der Waals surface area contributed by atoms with Gasteiger partial charge in [-0.2, -0.15) is 0 Å². The van der Waals surface area contributed by atoms with E-state index in [0.717, 1.165) is 45.3 Å². The Morgan fingerprint density at radius 1 is 1.27 bits per heavy atom. The molecule has 0 aliphatic carbocycles. The Balaban J connectivity index is 1.79. The number of halogens is 3. The summed E-state index contributed by atoms with van der Waals surface area (Å²) in [6.07, 6.45) is 0. The molecule has 0 atom stereocenters. The first kappa shape index (κ1) is 17.2. The second-order valence-electron chi connectivity index (χ2n) is 5.68. The molecule has 122 valence electrons. The lowest BCUT2D eigenvalue weighted by Gasteiger charge is -2.36. The van der Waals surface area contributed by atoms with Gasteiger partial charge in [0, 0.05) is 56.9 Å². The van der Waals surface area contributed by atoms with Crippen LogP contribution in [-0.2, 0) is 0 Å². The van der Waals surface area contributed by atoms with Crippen LogP contribution in [0, 0.1) is 11.6 Å². The molecule has 3 nitrogen and oxygen atoms in total. The van der Waals surface area contributed by atoms with E-state index in [9.17, 15) is 8.78 Å². The zero-order valence-corrected chi connectivity index (χ0v) is 13.6. The maximum Gasteiger partial charge on any atom is 0.149 e. The van der Waals surface area contributed by atoms with Crippen LogP contribution in [0.5, 0.6) is 0 Å². The highest BCUT2D eigenvalue weighted by Gasteiger charge is 2.19. The van der Waals surface area contributed by atoms with Crippen molar-refractivity contribution < 1.29 is 8.78 Å². The minimum atomic E-state index is -0.538. The highest BCUT2D eigenvalue weighted by molar-refractivity contribution is 6.29. The third-order valence-corrected chi connectivity index (χ3v) is 3.98. The lowest BCUT2D eigenvalue weighted by Crippen LogP contribution is -2.48. The molecular formula is C16H22ClF2N3. The molecule has 22 heavy (non-hydrogen) atoms. The van der Waals surface area contributed by atoms with Gasteiger partial charge in [0.1, 0.15) is 11.6 Å². The number of hydrogen-bond donors (Lipinski definition) is 0. The predicted molar refractivity (Wildman–Crippen MR) is 87.5 cm³/mol. The van der Waals surface area contributed by atoms with Crippen LogP contribution in [0.2, 0.25) is 0 Å². The Labute approximate surface area is 135 Å². The number of piperazine rings is 1. The number of hydrogen-bond acceptors (Lipinski definition) is 3. The van der Waals surface area contributed by atoms with Crippen LogP contribution in [0.3, 0.4) is 0 Å². The average Bonchev–Trinajstić information content (AvgIpc) is 2.45. The van der Waals surface area contributed by atoms with Gasteiger partial charge in [0.05, 0.1) is 5.69 Å². The van der Waals surface area contributed by atoms with Crippen molar-refractivity contribution >= 4 is 17.3 Å². The zero-order chi connectivity index (χ0) is 16.1. The Hall–Kier alpha value is -1.17. The maximum atomic E-state index is 13.8. The molecule has 0 bridgehead atoms. The van der Waals surface area contributed by atoms with Gasteiger partial charge in [-0.25, -0.2) is 8.78 Å². The van der Waals surface area contributed by atoms with Gasteiger partial charge in [-0.15, -0.1) is 0 Å². The van der Waals surface area contributed by atoms with Crippen LogP contribution in [-0.4, -0.2) is 62.7 Å². The number of rotatable bonds is 6. The lowest BCUT2D eigenvalue weighted by atomic mass is 10.2. The fourth-order valence-corrected chi connectivity index (χ4v) is 2.84. The molecular weight excluding hydrogens is 308 g/mol. The van der Waals surface area contributed by atoms with Crippen molar-refractivity contribution in [2.75, 3.05) is 57.8 Å².